The van der Waals surface area contributed by atoms with E-state index in [-0.39, 0.29) is 30.7 Å². The Morgan fingerprint density at radius 2 is 1.74 bits per heavy atom. The largest absolute Gasteiger partial charge is 0.327 e. The van der Waals surface area contributed by atoms with E-state index in [9.17, 15) is 14.4 Å². The first kappa shape index (κ1) is 17.4. The van der Waals surface area contributed by atoms with Crippen LogP contribution in [0.5, 0.6) is 0 Å². The van der Waals surface area contributed by atoms with Crippen molar-refractivity contribution in [2.45, 2.75) is 12.8 Å². The van der Waals surface area contributed by atoms with Gasteiger partial charge in [-0.05, 0) is 23.9 Å². The number of carbonyl (C=O) groups is 3. The molecule has 0 radical (unpaired) electrons. The average Bonchev–Trinajstić information content (AvgIpc) is 3.07. The fourth-order valence-corrected chi connectivity index (χ4v) is 4.02. The van der Waals surface area contributed by atoms with Crippen molar-refractivity contribution in [1.29, 1.82) is 0 Å². The van der Waals surface area contributed by atoms with Crippen LogP contribution in [-0.2, 0) is 11.8 Å². The van der Waals surface area contributed by atoms with E-state index in [4.69, 9.17) is 0 Å². The lowest BCUT2D eigenvalue weighted by Gasteiger charge is -2.27. The van der Waals surface area contributed by atoms with Crippen molar-refractivity contribution in [1.82, 2.24) is 9.47 Å². The molecule has 0 atom stereocenters. The zero-order valence-electron chi connectivity index (χ0n) is 14.7. The highest BCUT2D eigenvalue weighted by Crippen LogP contribution is 2.29. The number of thiazole rings is 1. The molecule has 7 heteroatoms. The van der Waals surface area contributed by atoms with Crippen LogP contribution in [0, 0.1) is 0 Å². The summed E-state index contributed by atoms with van der Waals surface area (Å²) in [5, 5.41) is 3.45. The van der Waals surface area contributed by atoms with Gasteiger partial charge in [0.1, 0.15) is 0 Å². The first-order chi connectivity index (χ1) is 13.1. The van der Waals surface area contributed by atoms with Crippen LogP contribution in [0.1, 0.15) is 33.6 Å². The van der Waals surface area contributed by atoms with E-state index in [2.05, 4.69) is 4.99 Å². The van der Waals surface area contributed by atoms with Crippen molar-refractivity contribution in [2.75, 3.05) is 6.54 Å². The molecule has 0 aliphatic carbocycles. The molecule has 136 valence electrons. The molecule has 2 aromatic carbocycles. The second-order valence-electron chi connectivity index (χ2n) is 6.38. The van der Waals surface area contributed by atoms with Gasteiger partial charge in [0.2, 0.25) is 5.91 Å². The second-order valence-corrected chi connectivity index (χ2v) is 7.25. The molecule has 2 heterocycles. The average molecular weight is 379 g/mol. The van der Waals surface area contributed by atoms with Crippen molar-refractivity contribution < 1.29 is 14.4 Å². The number of nitrogens with zero attached hydrogens (tertiary/aromatic N) is 3. The molecule has 6 nitrogen and oxygen atoms in total. The van der Waals surface area contributed by atoms with Crippen LogP contribution in [0.2, 0.25) is 0 Å². The van der Waals surface area contributed by atoms with Crippen molar-refractivity contribution in [3.05, 3.63) is 63.9 Å². The van der Waals surface area contributed by atoms with Gasteiger partial charge in [0.15, 0.2) is 4.80 Å². The van der Waals surface area contributed by atoms with E-state index in [0.29, 0.717) is 27.7 Å². The summed E-state index contributed by atoms with van der Waals surface area (Å²) in [7, 11) is 1.83. The minimum Gasteiger partial charge on any atom is -0.327 e. The monoisotopic (exact) mass is 379 g/mol. The number of aromatic nitrogens is 1. The van der Waals surface area contributed by atoms with Crippen molar-refractivity contribution in [3.8, 4) is 0 Å². The van der Waals surface area contributed by atoms with E-state index in [1.807, 2.05) is 42.9 Å². The molecule has 0 saturated carbocycles. The van der Waals surface area contributed by atoms with Crippen molar-refractivity contribution in [3.63, 3.8) is 0 Å². The normalized spacial score (nSPS) is 14.3. The van der Waals surface area contributed by atoms with Crippen LogP contribution in [0.4, 0.5) is 0 Å². The highest BCUT2D eigenvalue weighted by molar-refractivity contribution is 7.07. The zero-order valence-corrected chi connectivity index (χ0v) is 15.5. The van der Waals surface area contributed by atoms with Gasteiger partial charge < -0.3 is 4.57 Å². The Labute approximate surface area is 159 Å². The summed E-state index contributed by atoms with van der Waals surface area (Å²) >= 11 is 1.39. The van der Waals surface area contributed by atoms with Gasteiger partial charge in [0.25, 0.3) is 11.8 Å². The van der Waals surface area contributed by atoms with Crippen LogP contribution >= 0.6 is 11.3 Å². The Balaban J connectivity index is 1.51. The van der Waals surface area contributed by atoms with Gasteiger partial charge in [-0.15, -0.1) is 11.3 Å². The van der Waals surface area contributed by atoms with E-state index in [1.54, 1.807) is 16.7 Å². The van der Waals surface area contributed by atoms with Crippen LogP contribution < -0.4 is 4.80 Å². The Bertz CT molecular complexity index is 1090. The first-order valence-corrected chi connectivity index (χ1v) is 9.50. The predicted molar refractivity (Wildman–Crippen MR) is 102 cm³/mol. The van der Waals surface area contributed by atoms with Crippen LogP contribution in [-0.4, -0.2) is 33.7 Å². The molecule has 0 saturated heterocycles. The standard InChI is InChI=1S/C20H17N3O3S/c1-22-11-12-27-20(22)21-16(24)9-4-10-23-18(25)14-7-2-5-13-6-3-8-15(17(13)14)19(23)26/h2-3,5-8,11-12H,4,9-10H2,1H3. The van der Waals surface area contributed by atoms with Gasteiger partial charge in [-0.1, -0.05) is 24.3 Å². The van der Waals surface area contributed by atoms with E-state index in [0.717, 1.165) is 5.39 Å². The maximum atomic E-state index is 12.8. The summed E-state index contributed by atoms with van der Waals surface area (Å²) in [6.07, 6.45) is 2.40. The van der Waals surface area contributed by atoms with Crippen LogP contribution in [0.25, 0.3) is 10.8 Å². The molecule has 4 rings (SSSR count). The number of hydrogen-bond acceptors (Lipinski definition) is 4. The fraction of sp³-hybridized carbons (Fsp3) is 0.200. The van der Waals surface area contributed by atoms with Crippen molar-refractivity contribution >= 4 is 39.8 Å². The van der Waals surface area contributed by atoms with Crippen molar-refractivity contribution in [2.24, 2.45) is 12.0 Å². The van der Waals surface area contributed by atoms with Gasteiger partial charge in [0.05, 0.1) is 0 Å². The number of aryl methyl sites for hydroxylation is 1. The Morgan fingerprint density at radius 1 is 1.07 bits per heavy atom. The molecule has 0 bridgehead atoms. The van der Waals surface area contributed by atoms with E-state index in [1.165, 1.54) is 16.2 Å². The van der Waals surface area contributed by atoms with Crippen LogP contribution in [0.3, 0.4) is 0 Å². The molecule has 0 unspecified atom stereocenters. The molecular formula is C20H17N3O3S. The molecule has 3 aromatic rings. The summed E-state index contributed by atoms with van der Waals surface area (Å²) in [4.78, 5) is 43.6. The molecule has 3 amide bonds. The summed E-state index contributed by atoms with van der Waals surface area (Å²) < 4.78 is 1.78. The van der Waals surface area contributed by atoms with E-state index >= 15 is 0 Å². The number of amides is 3. The minimum absolute atomic E-state index is 0.181. The molecular weight excluding hydrogens is 362 g/mol. The third kappa shape index (κ3) is 3.10. The first-order valence-electron chi connectivity index (χ1n) is 8.62. The van der Waals surface area contributed by atoms with Gasteiger partial charge >= 0.3 is 0 Å². The fourth-order valence-electron chi connectivity index (χ4n) is 3.27. The highest BCUT2D eigenvalue weighted by Gasteiger charge is 2.32. The molecule has 1 aromatic heterocycles. The van der Waals surface area contributed by atoms with Gasteiger partial charge in [-0.2, -0.15) is 4.99 Å². The Morgan fingerprint density at radius 3 is 2.33 bits per heavy atom. The SMILES string of the molecule is Cn1ccsc1=NC(=O)CCCN1C(=O)c2cccc3cccc(c23)C1=O. The summed E-state index contributed by atoms with van der Waals surface area (Å²) in [5.41, 5.74) is 1.06. The Kier molecular flexibility index (Phi) is 4.45. The summed E-state index contributed by atoms with van der Waals surface area (Å²) in [6, 6.07) is 10.9. The third-order valence-electron chi connectivity index (χ3n) is 4.61. The number of imide groups is 1. The second kappa shape index (κ2) is 6.92. The quantitative estimate of drug-likeness (QED) is 0.655. The molecule has 0 fully saturated rings. The lowest BCUT2D eigenvalue weighted by atomic mass is 9.94. The molecule has 0 N–H and O–H groups in total. The third-order valence-corrected chi connectivity index (χ3v) is 5.46. The lowest BCUT2D eigenvalue weighted by Crippen LogP contribution is -2.41. The molecule has 27 heavy (non-hydrogen) atoms. The lowest BCUT2D eigenvalue weighted by molar-refractivity contribution is -0.118. The van der Waals surface area contributed by atoms with Gasteiger partial charge in [0, 0.05) is 48.1 Å². The summed E-state index contributed by atoms with van der Waals surface area (Å²) in [6.45, 7) is 0.195. The van der Waals surface area contributed by atoms with Crippen LogP contribution in [0.15, 0.2) is 53.0 Å². The number of benzene rings is 2. The van der Waals surface area contributed by atoms with Gasteiger partial charge in [-0.3, -0.25) is 19.3 Å². The number of carbonyl (C=O) groups excluding carboxylic acids is 3. The van der Waals surface area contributed by atoms with E-state index < -0.39 is 0 Å². The van der Waals surface area contributed by atoms with Gasteiger partial charge in [-0.25, -0.2) is 0 Å². The molecule has 1 aliphatic heterocycles. The topological polar surface area (TPSA) is 71.7 Å². The number of rotatable bonds is 4. The summed E-state index contributed by atoms with van der Waals surface area (Å²) in [5.74, 6) is -0.871. The Hall–Kier alpha value is -3.06. The maximum absolute atomic E-state index is 12.8. The maximum Gasteiger partial charge on any atom is 0.261 e. The highest BCUT2D eigenvalue weighted by atomic mass is 32.1. The zero-order chi connectivity index (χ0) is 19.0. The molecule has 0 spiro atoms. The predicted octanol–water partition coefficient (Wildman–Crippen LogP) is 2.74. The molecule has 1 aliphatic rings. The minimum atomic E-state index is -0.307. The smallest absolute Gasteiger partial charge is 0.261 e. The number of hydrogen-bond donors (Lipinski definition) is 0.